The Bertz CT molecular complexity index is 1530. The number of aromatic nitrogens is 4. The van der Waals surface area contributed by atoms with Gasteiger partial charge in [0.1, 0.15) is 0 Å². The number of benzene rings is 1. The van der Waals surface area contributed by atoms with E-state index in [-0.39, 0.29) is 26.1 Å². The van der Waals surface area contributed by atoms with Crippen LogP contribution in [0, 0.1) is 18.8 Å². The van der Waals surface area contributed by atoms with Crippen LogP contribution in [0.15, 0.2) is 40.9 Å². The maximum absolute atomic E-state index is 13.7. The molecule has 13 heteroatoms. The Morgan fingerprint density at radius 1 is 1.19 bits per heavy atom. The van der Waals surface area contributed by atoms with Gasteiger partial charge >= 0.3 is 6.18 Å². The van der Waals surface area contributed by atoms with Crippen LogP contribution in [0.25, 0.3) is 16.9 Å². The molecule has 3 aromatic heterocycles. The van der Waals surface area contributed by atoms with Crippen molar-refractivity contribution < 1.29 is 21.6 Å². The molecule has 32 heavy (non-hydrogen) atoms. The Balaban J connectivity index is 1.87. The summed E-state index contributed by atoms with van der Waals surface area (Å²) in [4.78, 5) is 8.18. The standard InChI is InChI=1S/C19H11ClF3N5O2S2/c1-10-6-11(2-4-13(10)20)14-7-15(19(21,22)23)28-18(27-14)12(8-26-28)3-5-16-25-9-17(31-16)32(24,29)30/h2,4,6-9H,1H3,(H2,24,29,30). The predicted octanol–water partition coefficient (Wildman–Crippen LogP) is 3.88. The summed E-state index contributed by atoms with van der Waals surface area (Å²) in [5.41, 5.74) is 0.163. The van der Waals surface area contributed by atoms with Crippen molar-refractivity contribution >= 4 is 38.6 Å². The topological polar surface area (TPSA) is 103 Å². The highest BCUT2D eigenvalue weighted by molar-refractivity contribution is 7.91. The fourth-order valence-electron chi connectivity index (χ4n) is 2.77. The molecule has 1 aromatic carbocycles. The molecule has 0 spiro atoms. The van der Waals surface area contributed by atoms with Crippen molar-refractivity contribution in [2.75, 3.05) is 0 Å². The van der Waals surface area contributed by atoms with Gasteiger partial charge in [-0.2, -0.15) is 18.3 Å². The average molecular weight is 498 g/mol. The number of hydrogen-bond donors (Lipinski definition) is 1. The van der Waals surface area contributed by atoms with Gasteiger partial charge in [0.05, 0.1) is 23.7 Å². The smallest absolute Gasteiger partial charge is 0.235 e. The van der Waals surface area contributed by atoms with Gasteiger partial charge in [0.2, 0.25) is 10.0 Å². The van der Waals surface area contributed by atoms with Crippen molar-refractivity contribution in [2.24, 2.45) is 5.14 Å². The van der Waals surface area contributed by atoms with Gasteiger partial charge in [0, 0.05) is 10.6 Å². The van der Waals surface area contributed by atoms with E-state index in [2.05, 4.69) is 26.9 Å². The average Bonchev–Trinajstić information content (AvgIpc) is 3.33. The van der Waals surface area contributed by atoms with Crippen molar-refractivity contribution in [3.63, 3.8) is 0 Å². The van der Waals surface area contributed by atoms with E-state index in [9.17, 15) is 21.6 Å². The second kappa shape index (κ2) is 7.86. The van der Waals surface area contributed by atoms with Crippen LogP contribution in [-0.2, 0) is 16.2 Å². The third-order valence-corrected chi connectivity index (χ3v) is 7.03. The molecule has 0 aliphatic heterocycles. The Labute approximate surface area is 188 Å². The highest BCUT2D eigenvalue weighted by Crippen LogP contribution is 2.33. The van der Waals surface area contributed by atoms with E-state index >= 15 is 0 Å². The molecule has 0 fully saturated rings. The molecule has 0 saturated heterocycles. The number of nitrogens with zero attached hydrogens (tertiary/aromatic N) is 4. The summed E-state index contributed by atoms with van der Waals surface area (Å²) >= 11 is 6.76. The van der Waals surface area contributed by atoms with E-state index < -0.39 is 21.9 Å². The summed E-state index contributed by atoms with van der Waals surface area (Å²) < 4.78 is 64.3. The number of alkyl halides is 3. The SMILES string of the molecule is Cc1cc(-c2cc(C(F)(F)F)n3ncc(C#Cc4ncc(S(N)(=O)=O)s4)c3n2)ccc1Cl. The molecule has 0 bridgehead atoms. The lowest BCUT2D eigenvalue weighted by molar-refractivity contribution is -0.142. The number of fused-ring (bicyclic) bond motifs is 1. The predicted molar refractivity (Wildman–Crippen MR) is 113 cm³/mol. The number of hydrogen-bond acceptors (Lipinski definition) is 6. The van der Waals surface area contributed by atoms with Gasteiger partial charge in [0.15, 0.2) is 20.6 Å². The van der Waals surface area contributed by atoms with E-state index in [1.807, 2.05) is 0 Å². The summed E-state index contributed by atoms with van der Waals surface area (Å²) in [5.74, 6) is 5.27. The first-order valence-corrected chi connectivity index (χ1v) is 11.4. The number of sulfonamides is 1. The van der Waals surface area contributed by atoms with Gasteiger partial charge in [-0.1, -0.05) is 34.9 Å². The van der Waals surface area contributed by atoms with Gasteiger partial charge in [-0.25, -0.2) is 28.0 Å². The zero-order valence-corrected chi connectivity index (χ0v) is 18.4. The molecule has 0 unspecified atom stereocenters. The normalized spacial score (nSPS) is 12.1. The highest BCUT2D eigenvalue weighted by Gasteiger charge is 2.35. The molecule has 2 N–H and O–H groups in total. The highest BCUT2D eigenvalue weighted by atomic mass is 35.5. The maximum Gasteiger partial charge on any atom is 0.433 e. The molecular weight excluding hydrogens is 487 g/mol. The second-order valence-corrected chi connectivity index (χ2v) is 9.79. The summed E-state index contributed by atoms with van der Waals surface area (Å²) in [6, 6.07) is 5.68. The second-order valence-electron chi connectivity index (χ2n) is 6.56. The number of primary sulfonamides is 1. The monoisotopic (exact) mass is 497 g/mol. The molecule has 4 aromatic rings. The summed E-state index contributed by atoms with van der Waals surface area (Å²) in [6.45, 7) is 1.73. The third-order valence-electron chi connectivity index (χ3n) is 4.28. The number of rotatable bonds is 2. The van der Waals surface area contributed by atoms with Gasteiger partial charge in [0.25, 0.3) is 0 Å². The first kappa shape index (κ1) is 22.2. The van der Waals surface area contributed by atoms with Crippen molar-refractivity contribution in [1.82, 2.24) is 19.6 Å². The van der Waals surface area contributed by atoms with Gasteiger partial charge < -0.3 is 0 Å². The van der Waals surface area contributed by atoms with Crippen LogP contribution in [0.1, 0.15) is 21.8 Å². The molecule has 0 aliphatic carbocycles. The van der Waals surface area contributed by atoms with Crippen LogP contribution in [0.2, 0.25) is 5.02 Å². The molecule has 164 valence electrons. The first-order chi connectivity index (χ1) is 14.9. The summed E-state index contributed by atoms with van der Waals surface area (Å²) in [6.07, 6.45) is -2.50. The zero-order valence-electron chi connectivity index (χ0n) is 16.0. The van der Waals surface area contributed by atoms with Crippen molar-refractivity contribution in [3.8, 4) is 23.1 Å². The van der Waals surface area contributed by atoms with Crippen LogP contribution >= 0.6 is 22.9 Å². The van der Waals surface area contributed by atoms with Crippen molar-refractivity contribution in [2.45, 2.75) is 17.3 Å². The van der Waals surface area contributed by atoms with Gasteiger partial charge in [-0.3, -0.25) is 0 Å². The van der Waals surface area contributed by atoms with Crippen molar-refractivity contribution in [3.05, 3.63) is 63.5 Å². The molecule has 4 rings (SSSR count). The number of thiazole rings is 1. The third kappa shape index (κ3) is 4.33. The summed E-state index contributed by atoms with van der Waals surface area (Å²) in [5, 5.41) is 9.42. The number of aryl methyl sites for hydroxylation is 1. The van der Waals surface area contributed by atoms with Crippen molar-refractivity contribution in [1.29, 1.82) is 0 Å². The lowest BCUT2D eigenvalue weighted by Gasteiger charge is -2.11. The largest absolute Gasteiger partial charge is 0.433 e. The minimum atomic E-state index is -4.70. The molecule has 0 amide bonds. The van der Waals surface area contributed by atoms with Crippen LogP contribution in [0.5, 0.6) is 0 Å². The van der Waals surface area contributed by atoms with Crippen LogP contribution < -0.4 is 5.14 Å². The van der Waals surface area contributed by atoms with Gasteiger partial charge in [-0.05, 0) is 36.6 Å². The fourth-order valence-corrected chi connectivity index (χ4v) is 4.30. The molecule has 7 nitrogen and oxygen atoms in total. The molecule has 0 saturated carbocycles. The van der Waals surface area contributed by atoms with Crippen LogP contribution in [0.4, 0.5) is 13.2 Å². The number of nitrogens with two attached hydrogens (primary N) is 1. The lowest BCUT2D eigenvalue weighted by Crippen LogP contribution is -2.13. The number of halogens is 4. The Kier molecular flexibility index (Phi) is 5.46. The minimum absolute atomic E-state index is 0.0684. The fraction of sp³-hybridized carbons (Fsp3) is 0.105. The summed E-state index contributed by atoms with van der Waals surface area (Å²) in [7, 11) is -3.93. The van der Waals surface area contributed by atoms with E-state index in [1.165, 1.54) is 0 Å². The molecule has 3 heterocycles. The van der Waals surface area contributed by atoms with E-state index in [0.29, 0.717) is 20.7 Å². The zero-order chi connectivity index (χ0) is 23.3. The van der Waals surface area contributed by atoms with E-state index in [4.69, 9.17) is 16.7 Å². The Morgan fingerprint density at radius 2 is 1.94 bits per heavy atom. The van der Waals surface area contributed by atoms with Crippen LogP contribution in [-0.4, -0.2) is 28.0 Å². The minimum Gasteiger partial charge on any atom is -0.235 e. The van der Waals surface area contributed by atoms with Crippen LogP contribution in [0.3, 0.4) is 0 Å². The lowest BCUT2D eigenvalue weighted by atomic mass is 10.1. The first-order valence-electron chi connectivity index (χ1n) is 8.66. The molecule has 0 aliphatic rings. The molecule has 0 atom stereocenters. The Hall–Kier alpha value is -2.98. The quantitative estimate of drug-likeness (QED) is 0.423. The Morgan fingerprint density at radius 3 is 2.56 bits per heavy atom. The molecule has 0 radical (unpaired) electrons. The molecular formula is C19H11ClF3N5O2S2. The van der Waals surface area contributed by atoms with E-state index in [1.54, 1.807) is 25.1 Å². The maximum atomic E-state index is 13.7. The van der Waals surface area contributed by atoms with Gasteiger partial charge in [-0.15, -0.1) is 0 Å². The van der Waals surface area contributed by atoms with E-state index in [0.717, 1.165) is 29.8 Å².